The number of benzene rings is 1. The average molecular weight is 326 g/mol. The topological polar surface area (TPSA) is 72.5 Å². The molecule has 0 saturated carbocycles. The van der Waals surface area contributed by atoms with Gasteiger partial charge < -0.3 is 10.1 Å². The van der Waals surface area contributed by atoms with E-state index in [0.717, 1.165) is 0 Å². The Labute approximate surface area is 118 Å². The van der Waals surface area contributed by atoms with Gasteiger partial charge in [-0.3, -0.25) is 4.79 Å². The molecule has 0 saturated heterocycles. The minimum Gasteiger partial charge on any atom is -0.480 e. The van der Waals surface area contributed by atoms with Gasteiger partial charge in [0.25, 0.3) is 21.4 Å². The third kappa shape index (κ3) is 3.37. The molecule has 0 fully saturated rings. The number of amides is 1. The van der Waals surface area contributed by atoms with Crippen LogP contribution in [0.1, 0.15) is 5.56 Å². The van der Waals surface area contributed by atoms with Gasteiger partial charge in [0.1, 0.15) is 5.75 Å². The van der Waals surface area contributed by atoms with Gasteiger partial charge in [-0.05, 0) is 23.8 Å². The highest BCUT2D eigenvalue weighted by Gasteiger charge is 2.30. The third-order valence-electron chi connectivity index (χ3n) is 2.71. The minimum atomic E-state index is -3.87. The molecule has 0 radical (unpaired) electrons. The molecule has 110 valence electrons. The lowest BCUT2D eigenvalue weighted by atomic mass is 10.1. The van der Waals surface area contributed by atoms with E-state index in [-0.39, 0.29) is 11.3 Å². The molecule has 0 bridgehead atoms. The summed E-state index contributed by atoms with van der Waals surface area (Å²) in [4.78, 5) is 11.5. The van der Waals surface area contributed by atoms with E-state index >= 15 is 0 Å². The molecular formula is C11H10ClF2NO4S. The van der Waals surface area contributed by atoms with Gasteiger partial charge in [0.05, 0.1) is 11.4 Å². The summed E-state index contributed by atoms with van der Waals surface area (Å²) in [7, 11) is 1.35. The predicted molar refractivity (Wildman–Crippen MR) is 66.6 cm³/mol. The maximum atomic E-state index is 12.0. The van der Waals surface area contributed by atoms with Crippen LogP contribution in [0.5, 0.6) is 5.75 Å². The SMILES string of the molecule is O=C(NCC(F)F)C1Cc2cc(S(=O)(=O)Cl)ccc2O1. The normalized spacial score (nSPS) is 17.7. The molecule has 1 atom stereocenters. The number of hydrogen-bond acceptors (Lipinski definition) is 4. The fraction of sp³-hybridized carbons (Fsp3) is 0.364. The van der Waals surface area contributed by atoms with E-state index in [2.05, 4.69) is 0 Å². The molecule has 0 aliphatic carbocycles. The van der Waals surface area contributed by atoms with Crippen molar-refractivity contribution in [1.82, 2.24) is 5.32 Å². The summed E-state index contributed by atoms with van der Waals surface area (Å²) in [6.07, 6.45) is -3.49. The molecule has 1 N–H and O–H groups in total. The van der Waals surface area contributed by atoms with Crippen LogP contribution < -0.4 is 10.1 Å². The number of alkyl halides is 2. The van der Waals surface area contributed by atoms with Crippen molar-refractivity contribution < 1.29 is 26.7 Å². The first-order valence-corrected chi connectivity index (χ1v) is 7.88. The summed E-state index contributed by atoms with van der Waals surface area (Å²) >= 11 is 0. The Bertz CT molecular complexity index is 635. The van der Waals surface area contributed by atoms with Gasteiger partial charge >= 0.3 is 0 Å². The zero-order chi connectivity index (χ0) is 14.9. The van der Waals surface area contributed by atoms with Gasteiger partial charge in [-0.1, -0.05) is 0 Å². The van der Waals surface area contributed by atoms with Crippen LogP contribution in [0.3, 0.4) is 0 Å². The van der Waals surface area contributed by atoms with Crippen molar-refractivity contribution in [3.63, 3.8) is 0 Å². The van der Waals surface area contributed by atoms with Crippen molar-refractivity contribution in [2.24, 2.45) is 0 Å². The van der Waals surface area contributed by atoms with Crippen molar-refractivity contribution in [1.29, 1.82) is 0 Å². The van der Waals surface area contributed by atoms with E-state index in [9.17, 15) is 22.0 Å². The van der Waals surface area contributed by atoms with E-state index in [1.807, 2.05) is 5.32 Å². The second-order valence-corrected chi connectivity index (χ2v) is 6.72. The van der Waals surface area contributed by atoms with Gasteiger partial charge in [0.15, 0.2) is 6.10 Å². The molecular weight excluding hydrogens is 316 g/mol. The van der Waals surface area contributed by atoms with Gasteiger partial charge in [-0.2, -0.15) is 0 Å². The van der Waals surface area contributed by atoms with Crippen LogP contribution in [0, 0.1) is 0 Å². The van der Waals surface area contributed by atoms with Crippen molar-refractivity contribution in [2.45, 2.75) is 23.8 Å². The fourth-order valence-corrected chi connectivity index (χ4v) is 2.62. The smallest absolute Gasteiger partial charge is 0.261 e. The highest BCUT2D eigenvalue weighted by Crippen LogP contribution is 2.31. The van der Waals surface area contributed by atoms with Crippen molar-refractivity contribution in [3.05, 3.63) is 23.8 Å². The van der Waals surface area contributed by atoms with Gasteiger partial charge in [0.2, 0.25) is 0 Å². The third-order valence-corrected chi connectivity index (χ3v) is 4.06. The zero-order valence-corrected chi connectivity index (χ0v) is 11.5. The quantitative estimate of drug-likeness (QED) is 0.847. The Morgan fingerprint density at radius 3 is 2.80 bits per heavy atom. The second-order valence-electron chi connectivity index (χ2n) is 4.15. The molecule has 1 aromatic carbocycles. The van der Waals surface area contributed by atoms with Crippen molar-refractivity contribution in [3.8, 4) is 5.75 Å². The second kappa shape index (κ2) is 5.53. The highest BCUT2D eigenvalue weighted by molar-refractivity contribution is 8.13. The molecule has 1 aromatic rings. The first kappa shape index (κ1) is 15.0. The number of nitrogens with one attached hydrogen (secondary N) is 1. The van der Waals surface area contributed by atoms with E-state index in [1.165, 1.54) is 18.2 Å². The van der Waals surface area contributed by atoms with Crippen molar-refractivity contribution in [2.75, 3.05) is 6.54 Å². The predicted octanol–water partition coefficient (Wildman–Crippen LogP) is 1.30. The first-order valence-electron chi connectivity index (χ1n) is 5.57. The molecule has 1 unspecified atom stereocenters. The number of halogens is 3. The van der Waals surface area contributed by atoms with Gasteiger partial charge in [-0.15, -0.1) is 0 Å². The maximum Gasteiger partial charge on any atom is 0.261 e. The standard InChI is InChI=1S/C11H10ClF2NO4S/c12-20(17,18)7-1-2-8-6(3-7)4-9(19-8)11(16)15-5-10(13)14/h1-3,9-10H,4-5H2,(H,15,16). The van der Waals surface area contributed by atoms with Crippen LogP contribution in [0.4, 0.5) is 8.78 Å². The highest BCUT2D eigenvalue weighted by atomic mass is 35.7. The monoisotopic (exact) mass is 325 g/mol. The summed E-state index contributed by atoms with van der Waals surface area (Å²) in [5.41, 5.74) is 0.490. The van der Waals surface area contributed by atoms with E-state index < -0.39 is 34.0 Å². The summed E-state index contributed by atoms with van der Waals surface area (Å²) in [5.74, 6) is -0.331. The molecule has 1 aliphatic heterocycles. The van der Waals surface area contributed by atoms with Gasteiger partial charge in [0, 0.05) is 17.1 Å². The Morgan fingerprint density at radius 1 is 1.50 bits per heavy atom. The largest absolute Gasteiger partial charge is 0.480 e. The Balaban J connectivity index is 2.10. The summed E-state index contributed by atoms with van der Waals surface area (Å²) in [5, 5.41) is 2.05. The molecule has 0 aromatic heterocycles. The van der Waals surface area contributed by atoms with E-state index in [1.54, 1.807) is 0 Å². The molecule has 0 spiro atoms. The number of ether oxygens (including phenoxy) is 1. The summed E-state index contributed by atoms with van der Waals surface area (Å²) in [6, 6.07) is 3.93. The Hall–Kier alpha value is -1.41. The Kier molecular flexibility index (Phi) is 4.14. The number of carbonyl (C=O) groups excluding carboxylic acids is 1. The maximum absolute atomic E-state index is 12.0. The lowest BCUT2D eigenvalue weighted by Crippen LogP contribution is -2.39. The Morgan fingerprint density at radius 2 is 2.20 bits per heavy atom. The fourth-order valence-electron chi connectivity index (χ4n) is 1.81. The van der Waals surface area contributed by atoms with Gasteiger partial charge in [-0.25, -0.2) is 17.2 Å². The van der Waals surface area contributed by atoms with Crippen LogP contribution in [0.15, 0.2) is 23.1 Å². The number of carbonyl (C=O) groups is 1. The van der Waals surface area contributed by atoms with E-state index in [0.29, 0.717) is 11.3 Å². The average Bonchev–Trinajstić information content (AvgIpc) is 2.77. The first-order chi connectivity index (χ1) is 9.27. The number of hydrogen-bond donors (Lipinski definition) is 1. The lowest BCUT2D eigenvalue weighted by Gasteiger charge is -2.10. The molecule has 2 rings (SSSR count). The molecule has 20 heavy (non-hydrogen) atoms. The summed E-state index contributed by atoms with van der Waals surface area (Å²) in [6.45, 7) is -0.754. The molecule has 1 amide bonds. The summed E-state index contributed by atoms with van der Waals surface area (Å²) < 4.78 is 51.6. The van der Waals surface area contributed by atoms with Crippen LogP contribution in [-0.4, -0.2) is 33.4 Å². The zero-order valence-electron chi connectivity index (χ0n) is 9.98. The molecule has 1 aliphatic rings. The lowest BCUT2D eigenvalue weighted by molar-refractivity contribution is -0.127. The minimum absolute atomic E-state index is 0.102. The van der Waals surface area contributed by atoms with Crippen LogP contribution in [0.25, 0.3) is 0 Å². The van der Waals surface area contributed by atoms with Crippen molar-refractivity contribution >= 4 is 25.6 Å². The number of rotatable bonds is 4. The molecule has 9 heteroatoms. The van der Waals surface area contributed by atoms with Crippen LogP contribution >= 0.6 is 10.7 Å². The van der Waals surface area contributed by atoms with Crippen LogP contribution in [0.2, 0.25) is 0 Å². The van der Waals surface area contributed by atoms with E-state index in [4.69, 9.17) is 15.4 Å². The molecule has 5 nitrogen and oxygen atoms in total. The number of fused-ring (bicyclic) bond motifs is 1. The molecule has 1 heterocycles. The van der Waals surface area contributed by atoms with Crippen LogP contribution in [-0.2, 0) is 20.3 Å².